The number of piperazine rings is 1. The third kappa shape index (κ3) is 1.76. The average Bonchev–Trinajstić information content (AvgIpc) is 3.01. The van der Waals surface area contributed by atoms with Crippen molar-refractivity contribution in [3.05, 3.63) is 0 Å². The van der Waals surface area contributed by atoms with E-state index in [2.05, 4.69) is 0 Å². The van der Waals surface area contributed by atoms with Crippen LogP contribution in [0.4, 0.5) is 0 Å². The maximum Gasteiger partial charge on any atom is 0.217 e. The van der Waals surface area contributed by atoms with Crippen LogP contribution in [0.1, 0.15) is 12.8 Å². The second-order valence-corrected chi connectivity index (χ2v) is 6.00. The molecule has 0 N–H and O–H groups in total. The van der Waals surface area contributed by atoms with Gasteiger partial charge in [0.15, 0.2) is 0 Å². The fraction of sp³-hybridized carbons (Fsp3) is 0.875. The highest BCUT2D eigenvalue weighted by atomic mass is 32.2. The third-order valence-electron chi connectivity index (χ3n) is 2.73. The van der Waals surface area contributed by atoms with Crippen LogP contribution in [0.3, 0.4) is 0 Å². The number of amides is 1. The maximum absolute atomic E-state index is 11.8. The van der Waals surface area contributed by atoms with Gasteiger partial charge in [0.05, 0.1) is 5.25 Å². The van der Waals surface area contributed by atoms with Crippen LogP contribution in [0.25, 0.3) is 0 Å². The lowest BCUT2D eigenvalue weighted by molar-refractivity contribution is -0.119. The zero-order valence-corrected chi connectivity index (χ0v) is 8.74. The number of sulfonamides is 1. The molecule has 0 bridgehead atoms. The van der Waals surface area contributed by atoms with E-state index >= 15 is 0 Å². The molecule has 0 radical (unpaired) electrons. The topological polar surface area (TPSA) is 57.7 Å². The Morgan fingerprint density at radius 3 is 2.07 bits per heavy atom. The number of nitrogens with zero attached hydrogens (tertiary/aromatic N) is 2. The summed E-state index contributed by atoms with van der Waals surface area (Å²) in [5.74, 6) is 0. The van der Waals surface area contributed by atoms with Crippen LogP contribution in [0.2, 0.25) is 0 Å². The highest BCUT2D eigenvalue weighted by Crippen LogP contribution is 2.31. The maximum atomic E-state index is 11.8. The quantitative estimate of drug-likeness (QED) is 0.586. The van der Waals surface area contributed by atoms with E-state index in [9.17, 15) is 13.2 Å². The van der Waals surface area contributed by atoms with Crippen molar-refractivity contribution >= 4 is 16.4 Å². The van der Waals surface area contributed by atoms with Crippen molar-refractivity contribution in [2.24, 2.45) is 0 Å². The van der Waals surface area contributed by atoms with Gasteiger partial charge in [-0.2, -0.15) is 4.31 Å². The molecular formula is C8H14N2O3S. The van der Waals surface area contributed by atoms with Gasteiger partial charge in [-0.05, 0) is 12.8 Å². The Bertz CT molecular complexity index is 315. The van der Waals surface area contributed by atoms with Crippen molar-refractivity contribution < 1.29 is 13.2 Å². The summed E-state index contributed by atoms with van der Waals surface area (Å²) >= 11 is 0. The van der Waals surface area contributed by atoms with Gasteiger partial charge in [0.1, 0.15) is 0 Å². The minimum absolute atomic E-state index is 0.134. The highest BCUT2D eigenvalue weighted by Gasteiger charge is 2.40. The summed E-state index contributed by atoms with van der Waals surface area (Å²) in [6, 6.07) is 0. The van der Waals surface area contributed by atoms with Gasteiger partial charge in [-0.15, -0.1) is 0 Å². The normalized spacial score (nSPS) is 25.0. The monoisotopic (exact) mass is 218 g/mol. The van der Waals surface area contributed by atoms with Gasteiger partial charge in [0.25, 0.3) is 0 Å². The molecule has 0 atom stereocenters. The summed E-state index contributed by atoms with van der Waals surface area (Å²) in [5, 5.41) is -0.134. The first-order chi connectivity index (χ1) is 6.64. The van der Waals surface area contributed by atoms with Gasteiger partial charge in [-0.1, -0.05) is 0 Å². The van der Waals surface area contributed by atoms with E-state index in [0.29, 0.717) is 26.2 Å². The summed E-state index contributed by atoms with van der Waals surface area (Å²) in [4.78, 5) is 12.0. The lowest BCUT2D eigenvalue weighted by Gasteiger charge is -2.31. The largest absolute Gasteiger partial charge is 0.343 e. The number of rotatable bonds is 3. The highest BCUT2D eigenvalue weighted by molar-refractivity contribution is 7.90. The third-order valence-corrected chi connectivity index (χ3v) is 5.13. The molecule has 2 aliphatic rings. The molecule has 2 fully saturated rings. The number of carbonyl (C=O) groups excluding carboxylic acids is 1. The lowest BCUT2D eigenvalue weighted by atomic mass is 10.4. The summed E-state index contributed by atoms with van der Waals surface area (Å²) < 4.78 is 25.0. The minimum atomic E-state index is -3.03. The molecule has 2 rings (SSSR count). The van der Waals surface area contributed by atoms with Gasteiger partial charge in [0, 0.05) is 26.2 Å². The van der Waals surface area contributed by atoms with E-state index < -0.39 is 10.0 Å². The Balaban J connectivity index is 1.97. The second-order valence-electron chi connectivity index (χ2n) is 3.78. The first-order valence-corrected chi connectivity index (χ1v) is 6.33. The summed E-state index contributed by atoms with van der Waals surface area (Å²) in [7, 11) is -3.03. The van der Waals surface area contributed by atoms with Gasteiger partial charge < -0.3 is 4.90 Å². The van der Waals surface area contributed by atoms with Crippen LogP contribution in [-0.4, -0.2) is 55.5 Å². The Labute approximate surface area is 83.7 Å². The molecule has 1 saturated heterocycles. The van der Waals surface area contributed by atoms with Crippen LogP contribution >= 0.6 is 0 Å². The van der Waals surface area contributed by atoms with Crippen LogP contribution < -0.4 is 0 Å². The fourth-order valence-corrected chi connectivity index (χ4v) is 3.47. The van der Waals surface area contributed by atoms with Crippen LogP contribution in [0.15, 0.2) is 0 Å². The van der Waals surface area contributed by atoms with E-state index in [1.165, 1.54) is 4.31 Å². The van der Waals surface area contributed by atoms with Crippen molar-refractivity contribution in [1.29, 1.82) is 0 Å². The zero-order chi connectivity index (χ0) is 10.2. The number of hydrogen-bond donors (Lipinski definition) is 0. The van der Waals surface area contributed by atoms with Crippen molar-refractivity contribution in [2.45, 2.75) is 18.1 Å². The second kappa shape index (κ2) is 3.51. The number of carbonyl (C=O) groups is 1. The van der Waals surface area contributed by atoms with E-state index in [1.54, 1.807) is 4.90 Å². The van der Waals surface area contributed by atoms with Crippen LogP contribution in [-0.2, 0) is 14.8 Å². The van der Waals surface area contributed by atoms with Gasteiger partial charge in [0.2, 0.25) is 16.4 Å². The minimum Gasteiger partial charge on any atom is -0.343 e. The summed E-state index contributed by atoms with van der Waals surface area (Å²) in [5.41, 5.74) is 0. The molecular weight excluding hydrogens is 204 g/mol. The Morgan fingerprint density at radius 1 is 1.07 bits per heavy atom. The zero-order valence-electron chi connectivity index (χ0n) is 7.92. The standard InChI is InChI=1S/C8H14N2O3S/c11-7-9-3-5-10(6-4-9)14(12,13)8-1-2-8/h7-8H,1-6H2. The molecule has 0 spiro atoms. The van der Waals surface area contributed by atoms with Crippen molar-refractivity contribution in [3.63, 3.8) is 0 Å². The van der Waals surface area contributed by atoms with Crippen molar-refractivity contribution in [1.82, 2.24) is 9.21 Å². The molecule has 80 valence electrons. The van der Waals surface area contributed by atoms with E-state index in [0.717, 1.165) is 19.3 Å². The molecule has 14 heavy (non-hydrogen) atoms. The average molecular weight is 218 g/mol. The van der Waals surface area contributed by atoms with Gasteiger partial charge in [-0.3, -0.25) is 4.79 Å². The van der Waals surface area contributed by atoms with Gasteiger partial charge >= 0.3 is 0 Å². The molecule has 1 saturated carbocycles. The predicted molar refractivity (Wildman–Crippen MR) is 51.2 cm³/mol. The van der Waals surface area contributed by atoms with Crippen molar-refractivity contribution in [2.75, 3.05) is 26.2 Å². The van der Waals surface area contributed by atoms with Crippen molar-refractivity contribution in [3.8, 4) is 0 Å². The van der Waals surface area contributed by atoms with E-state index in [4.69, 9.17) is 0 Å². The summed E-state index contributed by atoms with van der Waals surface area (Å²) in [6.07, 6.45) is 2.38. The Morgan fingerprint density at radius 2 is 1.64 bits per heavy atom. The molecule has 1 heterocycles. The number of hydrogen-bond acceptors (Lipinski definition) is 3. The lowest BCUT2D eigenvalue weighted by Crippen LogP contribution is -2.48. The molecule has 5 nitrogen and oxygen atoms in total. The first-order valence-electron chi connectivity index (χ1n) is 4.83. The Hall–Kier alpha value is -0.620. The van der Waals surface area contributed by atoms with Crippen LogP contribution in [0, 0.1) is 0 Å². The molecule has 0 aromatic rings. The van der Waals surface area contributed by atoms with Gasteiger partial charge in [-0.25, -0.2) is 8.42 Å². The summed E-state index contributed by atoms with van der Waals surface area (Å²) in [6.45, 7) is 1.96. The molecule has 0 aromatic carbocycles. The fourth-order valence-electron chi connectivity index (χ4n) is 1.64. The van der Waals surface area contributed by atoms with E-state index in [1.807, 2.05) is 0 Å². The molecule has 6 heteroatoms. The van der Waals surface area contributed by atoms with E-state index in [-0.39, 0.29) is 5.25 Å². The smallest absolute Gasteiger partial charge is 0.217 e. The molecule has 1 aliphatic heterocycles. The molecule has 0 unspecified atom stereocenters. The van der Waals surface area contributed by atoms with Crippen LogP contribution in [0.5, 0.6) is 0 Å². The predicted octanol–water partition coefficient (Wildman–Crippen LogP) is -0.747. The molecule has 0 aromatic heterocycles. The SMILES string of the molecule is O=CN1CCN(S(=O)(=O)C2CC2)CC1. The Kier molecular flexibility index (Phi) is 2.48. The first kappa shape index (κ1) is 9.92. The molecule has 1 aliphatic carbocycles. The molecule has 1 amide bonds.